The number of aliphatic hydroxyl groups excluding tert-OH is 5. The van der Waals surface area contributed by atoms with Gasteiger partial charge in [0, 0.05) is 0 Å². The highest BCUT2D eigenvalue weighted by atomic mass is 16.7. The molecule has 0 radical (unpaired) electrons. The molecule has 1 saturated heterocycles. The Morgan fingerprint density at radius 1 is 0.950 bits per heavy atom. The predicted octanol–water partition coefficient (Wildman–Crippen LogP) is -1.64. The normalized spacial score (nSPS) is 34.0. The summed E-state index contributed by atoms with van der Waals surface area (Å²) in [6.45, 7) is -0.603. The van der Waals surface area contributed by atoms with E-state index in [9.17, 15) is 15.3 Å². The highest BCUT2D eigenvalue weighted by Crippen LogP contribution is 2.24. The maximum atomic E-state index is 9.80. The molecule has 0 spiro atoms. The van der Waals surface area contributed by atoms with Crippen LogP contribution >= 0.6 is 0 Å². The van der Waals surface area contributed by atoms with Crippen molar-refractivity contribution in [2.75, 3.05) is 6.61 Å². The Labute approximate surface area is 115 Å². The molecular formula is C13H18O7. The lowest BCUT2D eigenvalue weighted by Gasteiger charge is -2.39. The number of ether oxygens (including phenoxy) is 2. The van der Waals surface area contributed by atoms with Crippen molar-refractivity contribution in [3.63, 3.8) is 0 Å². The maximum Gasteiger partial charge on any atom is 0.229 e. The molecule has 0 aliphatic carbocycles. The quantitative estimate of drug-likeness (QED) is 0.450. The Morgan fingerprint density at radius 2 is 1.60 bits per heavy atom. The van der Waals surface area contributed by atoms with Gasteiger partial charge in [-0.3, -0.25) is 0 Å². The highest BCUT2D eigenvalue weighted by molar-refractivity contribution is 5.27. The van der Waals surface area contributed by atoms with Crippen LogP contribution in [-0.4, -0.2) is 62.8 Å². The molecule has 5 atom stereocenters. The molecule has 7 heteroatoms. The van der Waals surface area contributed by atoms with Gasteiger partial charge in [0.15, 0.2) is 0 Å². The summed E-state index contributed by atoms with van der Waals surface area (Å²) < 4.78 is 10.6. The van der Waals surface area contributed by atoms with Gasteiger partial charge in [-0.2, -0.15) is 0 Å². The van der Waals surface area contributed by atoms with E-state index in [1.54, 1.807) is 24.3 Å². The molecule has 2 rings (SSSR count). The number of aliphatic hydroxyl groups is 5. The second-order valence-electron chi connectivity index (χ2n) is 4.62. The molecule has 0 amide bonds. The summed E-state index contributed by atoms with van der Waals surface area (Å²) in [4.78, 5) is 0. The van der Waals surface area contributed by atoms with Crippen LogP contribution in [0.15, 0.2) is 24.3 Å². The average Bonchev–Trinajstić information content (AvgIpc) is 2.48. The van der Waals surface area contributed by atoms with Crippen molar-refractivity contribution < 1.29 is 35.0 Å². The van der Waals surface area contributed by atoms with E-state index in [0.717, 1.165) is 0 Å². The van der Waals surface area contributed by atoms with E-state index in [-0.39, 0.29) is 6.61 Å². The van der Waals surface area contributed by atoms with Crippen LogP contribution in [0.1, 0.15) is 5.56 Å². The van der Waals surface area contributed by atoms with Gasteiger partial charge in [0.2, 0.25) is 6.29 Å². The van der Waals surface area contributed by atoms with Gasteiger partial charge in [-0.05, 0) is 17.7 Å². The Bertz CT molecular complexity index is 419. The third-order valence-electron chi connectivity index (χ3n) is 3.21. The van der Waals surface area contributed by atoms with Crippen LogP contribution in [0.2, 0.25) is 0 Å². The topological polar surface area (TPSA) is 120 Å². The van der Waals surface area contributed by atoms with Gasteiger partial charge < -0.3 is 35.0 Å². The smallest absolute Gasteiger partial charge is 0.229 e. The summed E-state index contributed by atoms with van der Waals surface area (Å²) in [6, 6.07) is 6.43. The molecule has 1 aromatic carbocycles. The van der Waals surface area contributed by atoms with Crippen LogP contribution in [0.5, 0.6) is 5.75 Å². The first kappa shape index (κ1) is 15.2. The lowest BCUT2D eigenvalue weighted by Crippen LogP contribution is -2.60. The van der Waals surface area contributed by atoms with E-state index >= 15 is 0 Å². The minimum Gasteiger partial charge on any atom is -0.462 e. The molecule has 20 heavy (non-hydrogen) atoms. The second-order valence-corrected chi connectivity index (χ2v) is 4.62. The number of hydrogen-bond acceptors (Lipinski definition) is 7. The molecular weight excluding hydrogens is 268 g/mol. The number of benzene rings is 1. The molecule has 1 heterocycles. The molecule has 0 aromatic heterocycles. The first-order valence-electron chi connectivity index (χ1n) is 6.23. The standard InChI is InChI=1S/C13H18O7/c14-5-7-1-3-8(4-2-7)19-13-12(18)11(17)10(16)9(6-15)20-13/h1-4,9-18H,5-6H2/t9-,10+,11?,12-,13+/m1/s1. The Morgan fingerprint density at radius 3 is 2.15 bits per heavy atom. The van der Waals surface area contributed by atoms with E-state index in [0.29, 0.717) is 11.3 Å². The Hall–Kier alpha value is -1.22. The van der Waals surface area contributed by atoms with Crippen molar-refractivity contribution in [2.45, 2.75) is 37.3 Å². The van der Waals surface area contributed by atoms with Crippen molar-refractivity contribution in [1.29, 1.82) is 0 Å². The summed E-state index contributed by atoms with van der Waals surface area (Å²) in [5.74, 6) is 0.367. The average molecular weight is 286 g/mol. The molecule has 112 valence electrons. The molecule has 0 bridgehead atoms. The molecule has 5 N–H and O–H groups in total. The van der Waals surface area contributed by atoms with Gasteiger partial charge in [-0.25, -0.2) is 0 Å². The van der Waals surface area contributed by atoms with Crippen molar-refractivity contribution in [3.8, 4) is 5.75 Å². The Kier molecular flexibility index (Phi) is 4.92. The molecule has 1 unspecified atom stereocenters. The molecule has 1 aliphatic rings. The minimum absolute atomic E-state index is 0.0969. The Balaban J connectivity index is 2.06. The van der Waals surface area contributed by atoms with Gasteiger partial charge in [0.05, 0.1) is 13.2 Å². The summed E-state index contributed by atoms with van der Waals surface area (Å²) in [5, 5.41) is 47.0. The molecule has 1 aliphatic heterocycles. The van der Waals surface area contributed by atoms with E-state index in [1.165, 1.54) is 0 Å². The fraction of sp³-hybridized carbons (Fsp3) is 0.538. The van der Waals surface area contributed by atoms with Crippen LogP contribution in [-0.2, 0) is 11.3 Å². The van der Waals surface area contributed by atoms with Crippen LogP contribution in [0.4, 0.5) is 0 Å². The zero-order valence-electron chi connectivity index (χ0n) is 10.7. The highest BCUT2D eigenvalue weighted by Gasteiger charge is 2.44. The van der Waals surface area contributed by atoms with Crippen molar-refractivity contribution in [1.82, 2.24) is 0 Å². The van der Waals surface area contributed by atoms with Crippen LogP contribution in [0.25, 0.3) is 0 Å². The molecule has 0 saturated carbocycles. The van der Waals surface area contributed by atoms with Crippen LogP contribution in [0, 0.1) is 0 Å². The van der Waals surface area contributed by atoms with Crippen LogP contribution in [0.3, 0.4) is 0 Å². The fourth-order valence-corrected chi connectivity index (χ4v) is 1.97. The van der Waals surface area contributed by atoms with Gasteiger partial charge in [0.1, 0.15) is 30.2 Å². The minimum atomic E-state index is -1.47. The lowest BCUT2D eigenvalue weighted by atomic mass is 9.99. The second kappa shape index (κ2) is 6.49. The van der Waals surface area contributed by atoms with Gasteiger partial charge >= 0.3 is 0 Å². The summed E-state index contributed by atoms with van der Waals surface area (Å²) in [6.07, 6.45) is -6.53. The van der Waals surface area contributed by atoms with Gasteiger partial charge in [-0.1, -0.05) is 12.1 Å². The summed E-state index contributed by atoms with van der Waals surface area (Å²) in [7, 11) is 0. The fourth-order valence-electron chi connectivity index (χ4n) is 1.97. The zero-order valence-corrected chi connectivity index (χ0v) is 10.7. The zero-order chi connectivity index (χ0) is 14.7. The van der Waals surface area contributed by atoms with Crippen molar-refractivity contribution in [2.24, 2.45) is 0 Å². The first-order valence-corrected chi connectivity index (χ1v) is 6.23. The van der Waals surface area contributed by atoms with E-state index in [2.05, 4.69) is 0 Å². The third-order valence-corrected chi connectivity index (χ3v) is 3.21. The molecule has 7 nitrogen and oxygen atoms in total. The SMILES string of the molecule is OCc1ccc(O[C@H]2O[C@H](CO)[C@H](O)C(O)[C@H]2O)cc1. The first-order chi connectivity index (χ1) is 9.56. The largest absolute Gasteiger partial charge is 0.462 e. The molecule has 1 fully saturated rings. The predicted molar refractivity (Wildman–Crippen MR) is 66.8 cm³/mol. The maximum absolute atomic E-state index is 9.80. The lowest BCUT2D eigenvalue weighted by molar-refractivity contribution is -0.277. The van der Waals surface area contributed by atoms with Crippen molar-refractivity contribution in [3.05, 3.63) is 29.8 Å². The number of hydrogen-bond donors (Lipinski definition) is 5. The monoisotopic (exact) mass is 286 g/mol. The third kappa shape index (κ3) is 3.09. The summed E-state index contributed by atoms with van der Waals surface area (Å²) in [5.41, 5.74) is 0.700. The van der Waals surface area contributed by atoms with E-state index in [4.69, 9.17) is 19.7 Å². The van der Waals surface area contributed by atoms with Crippen molar-refractivity contribution >= 4 is 0 Å². The van der Waals surface area contributed by atoms with Crippen LogP contribution < -0.4 is 4.74 Å². The number of rotatable bonds is 4. The van der Waals surface area contributed by atoms with Gasteiger partial charge in [0.25, 0.3) is 0 Å². The van der Waals surface area contributed by atoms with Gasteiger partial charge in [-0.15, -0.1) is 0 Å². The summed E-state index contributed by atoms with van der Waals surface area (Å²) >= 11 is 0. The molecule has 1 aromatic rings. The van der Waals surface area contributed by atoms with E-state index < -0.39 is 37.3 Å². The van der Waals surface area contributed by atoms with E-state index in [1.807, 2.05) is 0 Å².